The Balaban J connectivity index is 1.64. The first-order chi connectivity index (χ1) is 12.5. The number of nitrogens with zero attached hydrogens (tertiary/aromatic N) is 1. The third-order valence-corrected chi connectivity index (χ3v) is 4.75. The highest BCUT2D eigenvalue weighted by Gasteiger charge is 2.28. The molecule has 0 spiro atoms. The Morgan fingerprint density at radius 3 is 2.62 bits per heavy atom. The molecule has 1 atom stereocenters. The van der Waals surface area contributed by atoms with Crippen LogP contribution in [0.3, 0.4) is 0 Å². The van der Waals surface area contributed by atoms with Crippen LogP contribution in [0.2, 0.25) is 0 Å². The van der Waals surface area contributed by atoms with Gasteiger partial charge < -0.3 is 14.7 Å². The molecule has 2 aromatic rings. The highest BCUT2D eigenvalue weighted by Crippen LogP contribution is 2.33. The van der Waals surface area contributed by atoms with Crippen molar-refractivity contribution in [3.63, 3.8) is 0 Å². The molecule has 0 radical (unpaired) electrons. The van der Waals surface area contributed by atoms with E-state index in [-0.39, 0.29) is 18.4 Å². The Bertz CT molecular complexity index is 785. The highest BCUT2D eigenvalue weighted by molar-refractivity contribution is 5.84. The number of rotatable bonds is 6. The molecule has 1 amide bonds. The largest absolute Gasteiger partial charge is 0.482 e. The minimum absolute atomic E-state index is 0.0666. The van der Waals surface area contributed by atoms with Crippen molar-refractivity contribution in [3.05, 3.63) is 65.2 Å². The molecule has 0 heterocycles. The fraction of sp³-hybridized carbons (Fsp3) is 0.333. The normalized spacial score (nSPS) is 15.8. The highest BCUT2D eigenvalue weighted by atomic mass is 16.5. The molecular formula is C21H23NO4. The van der Waals surface area contributed by atoms with Gasteiger partial charge in [0.15, 0.2) is 6.61 Å². The van der Waals surface area contributed by atoms with Crippen molar-refractivity contribution < 1.29 is 19.4 Å². The molecule has 3 rings (SSSR count). The average molecular weight is 353 g/mol. The van der Waals surface area contributed by atoms with Gasteiger partial charge in [-0.1, -0.05) is 36.4 Å². The minimum atomic E-state index is -1.01. The standard InChI is InChI=1S/C21H23NO4/c1-22(13-15-9-11-17(12-10-15)26-14-20(23)24)21(25)19-8-4-6-16-5-2-3-7-18(16)19/h2-3,5,7,9-12,19H,4,6,8,13-14H2,1H3,(H,23,24). The lowest BCUT2D eigenvalue weighted by molar-refractivity contribution is -0.139. The lowest BCUT2D eigenvalue weighted by Gasteiger charge is -2.28. The van der Waals surface area contributed by atoms with Crippen LogP contribution in [-0.2, 0) is 22.6 Å². The SMILES string of the molecule is CN(Cc1ccc(OCC(=O)O)cc1)C(=O)C1CCCc2ccccc21. The van der Waals surface area contributed by atoms with Crippen LogP contribution in [0.25, 0.3) is 0 Å². The van der Waals surface area contributed by atoms with E-state index < -0.39 is 5.97 Å². The summed E-state index contributed by atoms with van der Waals surface area (Å²) in [7, 11) is 1.83. The van der Waals surface area contributed by atoms with Crippen molar-refractivity contribution >= 4 is 11.9 Å². The van der Waals surface area contributed by atoms with Crippen LogP contribution in [0.15, 0.2) is 48.5 Å². The maximum Gasteiger partial charge on any atom is 0.341 e. The summed E-state index contributed by atoms with van der Waals surface area (Å²) < 4.78 is 5.13. The molecule has 1 N–H and O–H groups in total. The van der Waals surface area contributed by atoms with Gasteiger partial charge in [0.2, 0.25) is 5.91 Å². The van der Waals surface area contributed by atoms with Crippen molar-refractivity contribution in [1.82, 2.24) is 4.90 Å². The van der Waals surface area contributed by atoms with Crippen molar-refractivity contribution in [1.29, 1.82) is 0 Å². The fourth-order valence-corrected chi connectivity index (χ4v) is 3.46. The van der Waals surface area contributed by atoms with Crippen LogP contribution >= 0.6 is 0 Å². The molecular weight excluding hydrogens is 330 g/mol. The third kappa shape index (κ3) is 4.23. The number of fused-ring (bicyclic) bond motifs is 1. The van der Waals surface area contributed by atoms with Crippen molar-refractivity contribution in [2.75, 3.05) is 13.7 Å². The summed E-state index contributed by atoms with van der Waals surface area (Å²) in [6.07, 6.45) is 2.97. The second kappa shape index (κ2) is 8.04. The smallest absolute Gasteiger partial charge is 0.341 e. The number of likely N-dealkylation sites (N-methyl/N-ethyl adjacent to an activating group) is 1. The van der Waals surface area contributed by atoms with E-state index in [1.54, 1.807) is 17.0 Å². The van der Waals surface area contributed by atoms with E-state index in [0.717, 1.165) is 30.4 Å². The summed E-state index contributed by atoms with van der Waals surface area (Å²) in [6, 6.07) is 15.4. The van der Waals surface area contributed by atoms with Crippen LogP contribution in [0.1, 0.15) is 35.4 Å². The summed E-state index contributed by atoms with van der Waals surface area (Å²) in [5.74, 6) is -0.426. The van der Waals surface area contributed by atoms with Gasteiger partial charge >= 0.3 is 5.97 Å². The monoisotopic (exact) mass is 353 g/mol. The predicted molar refractivity (Wildman–Crippen MR) is 98.2 cm³/mol. The van der Waals surface area contributed by atoms with Gasteiger partial charge in [-0.05, 0) is 48.1 Å². The average Bonchev–Trinajstić information content (AvgIpc) is 2.66. The van der Waals surface area contributed by atoms with E-state index in [1.807, 2.05) is 31.3 Å². The summed E-state index contributed by atoms with van der Waals surface area (Å²) in [4.78, 5) is 25.2. The lowest BCUT2D eigenvalue weighted by Crippen LogP contribution is -2.33. The zero-order valence-corrected chi connectivity index (χ0v) is 14.9. The maximum atomic E-state index is 12.9. The lowest BCUT2D eigenvalue weighted by atomic mass is 9.82. The number of ether oxygens (including phenoxy) is 1. The number of carbonyl (C=O) groups excluding carboxylic acids is 1. The van der Waals surface area contributed by atoms with Gasteiger partial charge in [0.1, 0.15) is 5.75 Å². The molecule has 1 aliphatic rings. The molecule has 1 aliphatic carbocycles. The van der Waals surface area contributed by atoms with Crippen LogP contribution < -0.4 is 4.74 Å². The fourth-order valence-electron chi connectivity index (χ4n) is 3.46. The Morgan fingerprint density at radius 1 is 1.15 bits per heavy atom. The summed E-state index contributed by atoms with van der Waals surface area (Å²) in [5.41, 5.74) is 3.42. The van der Waals surface area contributed by atoms with Crippen LogP contribution in [0.4, 0.5) is 0 Å². The molecule has 0 saturated heterocycles. The van der Waals surface area contributed by atoms with Gasteiger partial charge in [-0.3, -0.25) is 4.79 Å². The summed E-state index contributed by atoms with van der Waals surface area (Å²) in [5, 5.41) is 8.63. The van der Waals surface area contributed by atoms with E-state index in [4.69, 9.17) is 9.84 Å². The van der Waals surface area contributed by atoms with Gasteiger partial charge in [-0.2, -0.15) is 0 Å². The molecule has 0 bridgehead atoms. The second-order valence-corrected chi connectivity index (χ2v) is 6.66. The first-order valence-corrected chi connectivity index (χ1v) is 8.81. The topological polar surface area (TPSA) is 66.8 Å². The number of hydrogen-bond donors (Lipinski definition) is 1. The first-order valence-electron chi connectivity index (χ1n) is 8.81. The molecule has 1 unspecified atom stereocenters. The molecule has 26 heavy (non-hydrogen) atoms. The molecule has 136 valence electrons. The van der Waals surface area contributed by atoms with Crippen molar-refractivity contribution in [2.24, 2.45) is 0 Å². The number of carboxylic acids is 1. The van der Waals surface area contributed by atoms with Crippen molar-refractivity contribution in [3.8, 4) is 5.75 Å². The Labute approximate surface area is 153 Å². The van der Waals surface area contributed by atoms with Gasteiger partial charge in [0.05, 0.1) is 5.92 Å². The van der Waals surface area contributed by atoms with Crippen LogP contribution in [0, 0.1) is 0 Å². The second-order valence-electron chi connectivity index (χ2n) is 6.66. The van der Waals surface area contributed by atoms with E-state index in [0.29, 0.717) is 12.3 Å². The van der Waals surface area contributed by atoms with Gasteiger partial charge in [-0.25, -0.2) is 4.79 Å². The van der Waals surface area contributed by atoms with E-state index in [9.17, 15) is 9.59 Å². The Kier molecular flexibility index (Phi) is 5.56. The Morgan fingerprint density at radius 2 is 1.88 bits per heavy atom. The van der Waals surface area contributed by atoms with Crippen molar-refractivity contribution in [2.45, 2.75) is 31.7 Å². The molecule has 5 heteroatoms. The minimum Gasteiger partial charge on any atom is -0.482 e. The molecule has 0 aliphatic heterocycles. The molecule has 0 fully saturated rings. The number of aryl methyl sites for hydroxylation is 1. The molecule has 5 nitrogen and oxygen atoms in total. The number of aliphatic carboxylic acids is 1. The zero-order chi connectivity index (χ0) is 18.5. The van der Waals surface area contributed by atoms with Gasteiger partial charge in [0, 0.05) is 13.6 Å². The summed E-state index contributed by atoms with van der Waals surface area (Å²) >= 11 is 0. The first kappa shape index (κ1) is 18.0. The van der Waals surface area contributed by atoms with Gasteiger partial charge in [0.25, 0.3) is 0 Å². The molecule has 0 aromatic heterocycles. The van der Waals surface area contributed by atoms with E-state index in [2.05, 4.69) is 12.1 Å². The zero-order valence-electron chi connectivity index (χ0n) is 14.9. The summed E-state index contributed by atoms with van der Waals surface area (Å²) in [6.45, 7) is 0.148. The van der Waals surface area contributed by atoms with Gasteiger partial charge in [-0.15, -0.1) is 0 Å². The number of carbonyl (C=O) groups is 2. The van der Waals surface area contributed by atoms with E-state index >= 15 is 0 Å². The van der Waals surface area contributed by atoms with Crippen LogP contribution in [0.5, 0.6) is 5.75 Å². The maximum absolute atomic E-state index is 12.9. The molecule has 0 saturated carbocycles. The number of benzene rings is 2. The number of carboxylic acid groups (broad SMARTS) is 1. The third-order valence-electron chi connectivity index (χ3n) is 4.75. The van der Waals surface area contributed by atoms with E-state index in [1.165, 1.54) is 5.56 Å². The molecule has 2 aromatic carbocycles. The van der Waals surface area contributed by atoms with Crippen LogP contribution in [-0.4, -0.2) is 35.5 Å². The predicted octanol–water partition coefficient (Wildman–Crippen LogP) is 3.23. The number of hydrogen-bond acceptors (Lipinski definition) is 3. The quantitative estimate of drug-likeness (QED) is 0.866. The number of amides is 1. The Hall–Kier alpha value is -2.82.